The average molecular weight is 284 g/mol. The quantitative estimate of drug-likeness (QED) is 0.701. The molecule has 0 heterocycles. The van der Waals surface area contributed by atoms with Crippen LogP contribution in [0.4, 0.5) is 4.79 Å². The number of hydrogen-bond donors (Lipinski definition) is 2. The summed E-state index contributed by atoms with van der Waals surface area (Å²) in [4.78, 5) is 36.4. The lowest BCUT2D eigenvalue weighted by Crippen LogP contribution is -2.62. The van der Waals surface area contributed by atoms with E-state index >= 15 is 0 Å². The largest absolute Gasteiger partial charge is 0.480 e. The SMILES string of the molecule is CCOC(=O)CN(C(=O)NC1(C(=O)O)CCC1)C1CC1. The van der Waals surface area contributed by atoms with Crippen LogP contribution in [0.1, 0.15) is 39.0 Å². The number of carbonyl (C=O) groups is 3. The topological polar surface area (TPSA) is 95.9 Å². The first-order valence-electron chi connectivity index (χ1n) is 6.96. The van der Waals surface area contributed by atoms with Gasteiger partial charge in [-0.15, -0.1) is 0 Å². The van der Waals surface area contributed by atoms with Crippen LogP contribution in [-0.2, 0) is 14.3 Å². The van der Waals surface area contributed by atoms with E-state index < -0.39 is 23.5 Å². The fraction of sp³-hybridized carbons (Fsp3) is 0.769. The summed E-state index contributed by atoms with van der Waals surface area (Å²) in [5.74, 6) is -1.48. The van der Waals surface area contributed by atoms with E-state index in [1.54, 1.807) is 6.92 Å². The number of rotatable bonds is 6. The van der Waals surface area contributed by atoms with E-state index in [2.05, 4.69) is 5.32 Å². The van der Waals surface area contributed by atoms with Gasteiger partial charge in [-0.3, -0.25) is 4.79 Å². The Balaban J connectivity index is 1.97. The molecule has 2 fully saturated rings. The molecule has 0 radical (unpaired) electrons. The number of esters is 1. The normalized spacial score (nSPS) is 19.6. The smallest absolute Gasteiger partial charge is 0.329 e. The highest BCUT2D eigenvalue weighted by atomic mass is 16.5. The molecule has 0 bridgehead atoms. The van der Waals surface area contributed by atoms with Gasteiger partial charge < -0.3 is 20.1 Å². The highest BCUT2D eigenvalue weighted by molar-refractivity contribution is 5.88. The summed E-state index contributed by atoms with van der Waals surface area (Å²) in [5, 5.41) is 11.8. The Morgan fingerprint density at radius 1 is 1.35 bits per heavy atom. The second kappa shape index (κ2) is 5.68. The van der Waals surface area contributed by atoms with Gasteiger partial charge in [0, 0.05) is 6.04 Å². The van der Waals surface area contributed by atoms with Crippen molar-refractivity contribution in [1.29, 1.82) is 0 Å². The van der Waals surface area contributed by atoms with Gasteiger partial charge in [0.1, 0.15) is 12.1 Å². The number of aliphatic carboxylic acids is 1. The summed E-state index contributed by atoms with van der Waals surface area (Å²) in [7, 11) is 0. The number of hydrogen-bond acceptors (Lipinski definition) is 4. The van der Waals surface area contributed by atoms with Crippen LogP contribution in [0.3, 0.4) is 0 Å². The van der Waals surface area contributed by atoms with Crippen molar-refractivity contribution in [2.45, 2.75) is 50.6 Å². The molecule has 112 valence electrons. The molecule has 2 saturated carbocycles. The maximum atomic E-state index is 12.2. The molecule has 2 N–H and O–H groups in total. The number of carboxylic acid groups (broad SMARTS) is 1. The second-order valence-electron chi connectivity index (χ2n) is 5.34. The fourth-order valence-corrected chi connectivity index (χ4v) is 2.30. The van der Waals surface area contributed by atoms with E-state index in [1.165, 1.54) is 4.90 Å². The number of carbonyl (C=O) groups excluding carboxylic acids is 2. The molecule has 7 nitrogen and oxygen atoms in total. The van der Waals surface area contributed by atoms with Gasteiger partial charge in [0.05, 0.1) is 6.61 Å². The lowest BCUT2D eigenvalue weighted by molar-refractivity contribution is -0.148. The van der Waals surface area contributed by atoms with E-state index in [4.69, 9.17) is 4.74 Å². The number of ether oxygens (including phenoxy) is 1. The predicted octanol–water partition coefficient (Wildman–Crippen LogP) is 0.731. The van der Waals surface area contributed by atoms with Crippen LogP contribution in [0.15, 0.2) is 0 Å². The monoisotopic (exact) mass is 284 g/mol. The first kappa shape index (κ1) is 14.6. The minimum atomic E-state index is -1.15. The van der Waals surface area contributed by atoms with Gasteiger partial charge in [0.25, 0.3) is 0 Å². The molecule has 0 aromatic rings. The molecule has 2 aliphatic carbocycles. The summed E-state index contributed by atoms with van der Waals surface area (Å²) < 4.78 is 4.84. The zero-order valence-electron chi connectivity index (χ0n) is 11.6. The molecule has 20 heavy (non-hydrogen) atoms. The average Bonchev–Trinajstić information content (AvgIpc) is 3.14. The minimum absolute atomic E-state index is 0.0188. The van der Waals surface area contributed by atoms with E-state index in [0.717, 1.165) is 19.3 Å². The van der Waals surface area contributed by atoms with E-state index in [-0.39, 0.29) is 19.2 Å². The molecule has 2 aliphatic rings. The molecular formula is C13H20N2O5. The zero-order valence-corrected chi connectivity index (χ0v) is 11.6. The van der Waals surface area contributed by atoms with Gasteiger partial charge in [-0.25, -0.2) is 9.59 Å². The highest BCUT2D eigenvalue weighted by Crippen LogP contribution is 2.33. The van der Waals surface area contributed by atoms with E-state index in [0.29, 0.717) is 12.8 Å². The maximum absolute atomic E-state index is 12.2. The molecule has 2 amide bonds. The Labute approximate surface area is 117 Å². The Morgan fingerprint density at radius 3 is 2.40 bits per heavy atom. The Hall–Kier alpha value is -1.79. The van der Waals surface area contributed by atoms with Crippen molar-refractivity contribution >= 4 is 18.0 Å². The van der Waals surface area contributed by atoms with Crippen molar-refractivity contribution in [1.82, 2.24) is 10.2 Å². The molecule has 0 saturated heterocycles. The van der Waals surface area contributed by atoms with Crippen molar-refractivity contribution in [3.8, 4) is 0 Å². The number of urea groups is 1. The molecule has 0 unspecified atom stereocenters. The number of nitrogens with zero attached hydrogens (tertiary/aromatic N) is 1. The van der Waals surface area contributed by atoms with Crippen molar-refractivity contribution in [3.63, 3.8) is 0 Å². The second-order valence-corrected chi connectivity index (χ2v) is 5.34. The summed E-state index contributed by atoms with van der Waals surface area (Å²) in [5.41, 5.74) is -1.15. The Morgan fingerprint density at radius 2 is 2.00 bits per heavy atom. The molecule has 0 atom stereocenters. The van der Waals surface area contributed by atoms with Crippen LogP contribution in [0, 0.1) is 0 Å². The number of nitrogens with one attached hydrogen (secondary N) is 1. The van der Waals surface area contributed by atoms with Gasteiger partial charge in [0.15, 0.2) is 0 Å². The zero-order chi connectivity index (χ0) is 14.8. The van der Waals surface area contributed by atoms with Gasteiger partial charge in [-0.2, -0.15) is 0 Å². The lowest BCUT2D eigenvalue weighted by Gasteiger charge is -2.39. The Kier molecular flexibility index (Phi) is 4.15. The third-order valence-corrected chi connectivity index (χ3v) is 3.82. The van der Waals surface area contributed by atoms with Crippen molar-refractivity contribution in [2.75, 3.05) is 13.2 Å². The van der Waals surface area contributed by atoms with Crippen LogP contribution in [0.2, 0.25) is 0 Å². The Bertz CT molecular complexity index is 415. The molecule has 0 aromatic heterocycles. The van der Waals surface area contributed by atoms with Crippen LogP contribution in [0.25, 0.3) is 0 Å². The lowest BCUT2D eigenvalue weighted by atomic mass is 9.77. The van der Waals surface area contributed by atoms with Crippen LogP contribution in [0.5, 0.6) is 0 Å². The molecule has 2 rings (SSSR count). The first-order chi connectivity index (χ1) is 9.48. The van der Waals surface area contributed by atoms with Gasteiger partial charge in [-0.05, 0) is 39.0 Å². The molecular weight excluding hydrogens is 264 g/mol. The number of carboxylic acids is 1. The van der Waals surface area contributed by atoms with E-state index in [9.17, 15) is 19.5 Å². The summed E-state index contributed by atoms with van der Waals surface area (Å²) in [6.07, 6.45) is 3.34. The van der Waals surface area contributed by atoms with Gasteiger partial charge in [0.2, 0.25) is 0 Å². The first-order valence-corrected chi connectivity index (χ1v) is 6.96. The van der Waals surface area contributed by atoms with Crippen molar-refractivity contribution < 1.29 is 24.2 Å². The van der Waals surface area contributed by atoms with E-state index in [1.807, 2.05) is 0 Å². The predicted molar refractivity (Wildman–Crippen MR) is 69.1 cm³/mol. The molecule has 0 aliphatic heterocycles. The van der Waals surface area contributed by atoms with Crippen LogP contribution in [-0.4, -0.2) is 52.7 Å². The highest BCUT2D eigenvalue weighted by Gasteiger charge is 2.47. The molecule has 0 aromatic carbocycles. The van der Waals surface area contributed by atoms with Gasteiger partial charge >= 0.3 is 18.0 Å². The summed E-state index contributed by atoms with van der Waals surface area (Å²) in [6, 6.07) is -0.465. The third-order valence-electron chi connectivity index (χ3n) is 3.82. The molecule has 7 heteroatoms. The summed E-state index contributed by atoms with van der Waals surface area (Å²) >= 11 is 0. The van der Waals surface area contributed by atoms with Crippen LogP contribution >= 0.6 is 0 Å². The van der Waals surface area contributed by atoms with Crippen molar-refractivity contribution in [2.24, 2.45) is 0 Å². The number of amides is 2. The fourth-order valence-electron chi connectivity index (χ4n) is 2.30. The van der Waals surface area contributed by atoms with Crippen LogP contribution < -0.4 is 5.32 Å². The minimum Gasteiger partial charge on any atom is -0.480 e. The standard InChI is InChI=1S/C13H20N2O5/c1-2-20-10(16)8-15(9-4-5-9)12(19)14-13(11(17)18)6-3-7-13/h9H,2-8H2,1H3,(H,14,19)(H,17,18). The van der Waals surface area contributed by atoms with Gasteiger partial charge in [-0.1, -0.05) is 0 Å². The molecule has 0 spiro atoms. The third kappa shape index (κ3) is 3.02. The maximum Gasteiger partial charge on any atom is 0.329 e. The summed E-state index contributed by atoms with van der Waals surface area (Å²) in [6.45, 7) is 1.84. The van der Waals surface area contributed by atoms with Crippen molar-refractivity contribution in [3.05, 3.63) is 0 Å².